The Morgan fingerprint density at radius 1 is 1.43 bits per heavy atom. The average Bonchev–Trinajstić information content (AvgIpc) is 3.06. The first-order valence-corrected chi connectivity index (χ1v) is 8.50. The molecule has 0 aromatic carbocycles. The molecule has 0 spiro atoms. The van der Waals surface area contributed by atoms with Crippen molar-refractivity contribution in [3.63, 3.8) is 0 Å². The summed E-state index contributed by atoms with van der Waals surface area (Å²) in [6.45, 7) is 8.18. The van der Waals surface area contributed by atoms with Crippen molar-refractivity contribution < 1.29 is 0 Å². The molecular weight excluding hydrogens is 310 g/mol. The number of rotatable bonds is 4. The van der Waals surface area contributed by atoms with Crippen molar-refractivity contribution in [1.29, 1.82) is 0 Å². The maximum atomic E-state index is 12.3. The molecule has 3 rings (SSSR count). The highest BCUT2D eigenvalue weighted by molar-refractivity contribution is 7.09. The van der Waals surface area contributed by atoms with Gasteiger partial charge in [0.25, 0.3) is 5.56 Å². The van der Waals surface area contributed by atoms with Crippen LogP contribution in [0.5, 0.6) is 0 Å². The summed E-state index contributed by atoms with van der Waals surface area (Å²) in [5.41, 5.74) is 0.200. The number of anilines is 1. The maximum absolute atomic E-state index is 12.3. The fourth-order valence-corrected chi connectivity index (χ4v) is 3.33. The Balaban J connectivity index is 1.91. The van der Waals surface area contributed by atoms with E-state index < -0.39 is 0 Å². The molecule has 3 aromatic rings. The summed E-state index contributed by atoms with van der Waals surface area (Å²) in [6.07, 6.45) is 2.46. The summed E-state index contributed by atoms with van der Waals surface area (Å²) in [4.78, 5) is 20.9. The Labute approximate surface area is 138 Å². The second-order valence-electron chi connectivity index (χ2n) is 6.71. The molecular formula is C16H21N5OS. The van der Waals surface area contributed by atoms with Gasteiger partial charge < -0.3 is 5.32 Å². The average molecular weight is 331 g/mol. The minimum Gasteiger partial charge on any atom is -0.353 e. The molecule has 3 aromatic heterocycles. The van der Waals surface area contributed by atoms with E-state index in [0.29, 0.717) is 17.0 Å². The molecule has 0 saturated heterocycles. The number of H-pyrrole nitrogens is 1. The van der Waals surface area contributed by atoms with Crippen LogP contribution in [0.25, 0.3) is 11.0 Å². The number of nitrogens with zero attached hydrogens (tertiary/aromatic N) is 3. The predicted molar refractivity (Wildman–Crippen MR) is 94.3 cm³/mol. The number of hydrogen-bond acceptors (Lipinski definition) is 5. The molecule has 0 bridgehead atoms. The maximum Gasteiger partial charge on any atom is 0.263 e. The van der Waals surface area contributed by atoms with Crippen LogP contribution in [0.4, 0.5) is 5.95 Å². The summed E-state index contributed by atoms with van der Waals surface area (Å²) in [7, 11) is 0. The van der Waals surface area contributed by atoms with Crippen LogP contribution in [0, 0.1) is 0 Å². The molecule has 0 amide bonds. The standard InChI is InChI=1S/C16H21N5OS/c1-10(8-11-6-5-7-23-11)18-15-19-13-12(14(22)20-15)9-17-21(13)16(2,3)4/h5-7,9-10H,8H2,1-4H3,(H2,18,19,20,22). The first-order chi connectivity index (χ1) is 10.8. The van der Waals surface area contributed by atoms with E-state index in [4.69, 9.17) is 0 Å². The first-order valence-electron chi connectivity index (χ1n) is 7.62. The number of fused-ring (bicyclic) bond motifs is 1. The van der Waals surface area contributed by atoms with Gasteiger partial charge in [0.15, 0.2) is 5.65 Å². The minimum atomic E-state index is -0.234. The summed E-state index contributed by atoms with van der Waals surface area (Å²) < 4.78 is 1.78. The van der Waals surface area contributed by atoms with E-state index in [1.807, 2.05) is 26.8 Å². The van der Waals surface area contributed by atoms with E-state index in [-0.39, 0.29) is 17.1 Å². The second kappa shape index (κ2) is 5.81. The minimum absolute atomic E-state index is 0.167. The highest BCUT2D eigenvalue weighted by Crippen LogP contribution is 2.19. The van der Waals surface area contributed by atoms with Crippen LogP contribution in [0.15, 0.2) is 28.5 Å². The molecule has 3 heterocycles. The topological polar surface area (TPSA) is 75.6 Å². The van der Waals surface area contributed by atoms with E-state index in [0.717, 1.165) is 6.42 Å². The number of thiophene rings is 1. The Bertz CT molecular complexity index is 857. The quantitative estimate of drug-likeness (QED) is 0.770. The van der Waals surface area contributed by atoms with Crippen LogP contribution in [-0.4, -0.2) is 25.8 Å². The molecule has 7 heteroatoms. The Morgan fingerprint density at radius 3 is 2.87 bits per heavy atom. The summed E-state index contributed by atoms with van der Waals surface area (Å²) in [5, 5.41) is 10.2. The SMILES string of the molecule is CC(Cc1cccs1)Nc1nc2c(cnn2C(C)(C)C)c(=O)[nH]1. The van der Waals surface area contributed by atoms with Crippen LogP contribution in [-0.2, 0) is 12.0 Å². The molecule has 0 aliphatic heterocycles. The van der Waals surface area contributed by atoms with Crippen molar-refractivity contribution >= 4 is 28.3 Å². The van der Waals surface area contributed by atoms with Crippen molar-refractivity contribution in [3.8, 4) is 0 Å². The molecule has 2 N–H and O–H groups in total. The van der Waals surface area contributed by atoms with E-state index >= 15 is 0 Å². The Morgan fingerprint density at radius 2 is 2.22 bits per heavy atom. The first kappa shape index (κ1) is 15.7. The Hall–Kier alpha value is -2.15. The molecule has 1 atom stereocenters. The molecule has 0 aliphatic rings. The lowest BCUT2D eigenvalue weighted by Crippen LogP contribution is -2.25. The van der Waals surface area contributed by atoms with Gasteiger partial charge in [-0.3, -0.25) is 9.78 Å². The third kappa shape index (κ3) is 3.29. The van der Waals surface area contributed by atoms with Crippen LogP contribution in [0.2, 0.25) is 0 Å². The van der Waals surface area contributed by atoms with Crippen molar-refractivity contribution in [2.45, 2.75) is 45.7 Å². The van der Waals surface area contributed by atoms with Crippen LogP contribution >= 0.6 is 11.3 Å². The number of aromatic amines is 1. The van der Waals surface area contributed by atoms with E-state index in [1.54, 1.807) is 22.2 Å². The molecule has 23 heavy (non-hydrogen) atoms. The molecule has 6 nitrogen and oxygen atoms in total. The summed E-state index contributed by atoms with van der Waals surface area (Å²) >= 11 is 1.73. The third-order valence-electron chi connectivity index (χ3n) is 3.54. The van der Waals surface area contributed by atoms with Crippen molar-refractivity contribution in [2.75, 3.05) is 5.32 Å². The lowest BCUT2D eigenvalue weighted by molar-refractivity contribution is 0.366. The fourth-order valence-electron chi connectivity index (χ4n) is 2.49. The highest BCUT2D eigenvalue weighted by Gasteiger charge is 2.20. The molecule has 1 unspecified atom stereocenters. The van der Waals surface area contributed by atoms with Gasteiger partial charge in [0.05, 0.1) is 11.7 Å². The van der Waals surface area contributed by atoms with Crippen LogP contribution in [0.3, 0.4) is 0 Å². The largest absolute Gasteiger partial charge is 0.353 e. The van der Waals surface area contributed by atoms with Crippen LogP contribution in [0.1, 0.15) is 32.6 Å². The molecule has 0 aliphatic carbocycles. The number of hydrogen-bond donors (Lipinski definition) is 2. The summed E-state index contributed by atoms with van der Waals surface area (Å²) in [6, 6.07) is 4.32. The number of nitrogens with one attached hydrogen (secondary N) is 2. The second-order valence-corrected chi connectivity index (χ2v) is 7.74. The van der Waals surface area contributed by atoms with E-state index in [9.17, 15) is 4.79 Å². The van der Waals surface area contributed by atoms with Crippen molar-refractivity contribution in [1.82, 2.24) is 19.7 Å². The zero-order valence-corrected chi connectivity index (χ0v) is 14.6. The van der Waals surface area contributed by atoms with Gasteiger partial charge in [-0.15, -0.1) is 11.3 Å². The lowest BCUT2D eigenvalue weighted by Gasteiger charge is -2.20. The monoisotopic (exact) mass is 331 g/mol. The smallest absolute Gasteiger partial charge is 0.263 e. The van der Waals surface area contributed by atoms with Gasteiger partial charge in [0.1, 0.15) is 5.39 Å². The van der Waals surface area contributed by atoms with Gasteiger partial charge in [-0.1, -0.05) is 6.07 Å². The van der Waals surface area contributed by atoms with Gasteiger partial charge >= 0.3 is 0 Å². The summed E-state index contributed by atoms with van der Waals surface area (Å²) in [5.74, 6) is 0.484. The van der Waals surface area contributed by atoms with Crippen LogP contribution < -0.4 is 10.9 Å². The van der Waals surface area contributed by atoms with Gasteiger partial charge in [0, 0.05) is 17.3 Å². The third-order valence-corrected chi connectivity index (χ3v) is 4.44. The zero-order chi connectivity index (χ0) is 16.6. The predicted octanol–water partition coefficient (Wildman–Crippen LogP) is 2.98. The van der Waals surface area contributed by atoms with Crippen molar-refractivity contribution in [3.05, 3.63) is 38.9 Å². The van der Waals surface area contributed by atoms with Gasteiger partial charge in [0.2, 0.25) is 5.95 Å². The molecule has 0 saturated carbocycles. The van der Waals surface area contributed by atoms with E-state index in [2.05, 4.69) is 38.8 Å². The normalized spacial score (nSPS) is 13.4. The van der Waals surface area contributed by atoms with Gasteiger partial charge in [-0.2, -0.15) is 10.1 Å². The highest BCUT2D eigenvalue weighted by atomic mass is 32.1. The van der Waals surface area contributed by atoms with E-state index in [1.165, 1.54) is 4.88 Å². The molecule has 0 radical (unpaired) electrons. The zero-order valence-electron chi connectivity index (χ0n) is 13.8. The fraction of sp³-hybridized carbons (Fsp3) is 0.438. The van der Waals surface area contributed by atoms with Crippen molar-refractivity contribution in [2.24, 2.45) is 0 Å². The Kier molecular flexibility index (Phi) is 3.97. The molecule has 0 fully saturated rings. The van der Waals surface area contributed by atoms with Gasteiger partial charge in [-0.05, 0) is 39.1 Å². The number of aromatic nitrogens is 4. The van der Waals surface area contributed by atoms with Gasteiger partial charge in [-0.25, -0.2) is 4.68 Å². The lowest BCUT2D eigenvalue weighted by atomic mass is 10.1. The molecule has 122 valence electrons.